The number of aromatic nitrogens is 1. The van der Waals surface area contributed by atoms with Gasteiger partial charge in [-0.3, -0.25) is 0 Å². The van der Waals surface area contributed by atoms with E-state index in [1.54, 1.807) is 12.1 Å². The molecule has 1 saturated carbocycles. The highest BCUT2D eigenvalue weighted by molar-refractivity contribution is 5.91. The van der Waals surface area contributed by atoms with E-state index in [0.717, 1.165) is 18.9 Å². The summed E-state index contributed by atoms with van der Waals surface area (Å²) in [5.41, 5.74) is 1.65. The third-order valence-electron chi connectivity index (χ3n) is 5.55. The number of halogens is 3. The van der Waals surface area contributed by atoms with Crippen molar-refractivity contribution in [3.8, 4) is 11.3 Å². The minimum atomic E-state index is -0.718. The molecule has 3 aromatic rings. The molecule has 2 aromatic carbocycles. The molecule has 0 aliphatic heterocycles. The van der Waals surface area contributed by atoms with Gasteiger partial charge in [0, 0.05) is 35.8 Å². The summed E-state index contributed by atoms with van der Waals surface area (Å²) in [7, 11) is 0. The minimum absolute atomic E-state index is 0.00772. The third kappa shape index (κ3) is 4.14. The van der Waals surface area contributed by atoms with Gasteiger partial charge in [0.1, 0.15) is 17.5 Å². The quantitative estimate of drug-likeness (QED) is 0.469. The molecular formula is C22H22F3N3O2. The average molecular weight is 417 g/mol. The molecule has 8 heteroatoms. The highest BCUT2D eigenvalue weighted by Gasteiger charge is 2.43. The van der Waals surface area contributed by atoms with Crippen molar-refractivity contribution in [1.82, 2.24) is 15.6 Å². The van der Waals surface area contributed by atoms with Crippen LogP contribution in [0.15, 0.2) is 36.4 Å². The second-order valence-electron chi connectivity index (χ2n) is 7.68. The van der Waals surface area contributed by atoms with Crippen molar-refractivity contribution in [1.29, 1.82) is 0 Å². The monoisotopic (exact) mass is 417 g/mol. The van der Waals surface area contributed by atoms with Crippen LogP contribution in [0.4, 0.5) is 18.0 Å². The summed E-state index contributed by atoms with van der Waals surface area (Å²) in [6, 6.07) is 7.42. The van der Waals surface area contributed by atoms with E-state index in [1.165, 1.54) is 18.2 Å². The number of hydrogen-bond acceptors (Lipinski definition) is 2. The first-order chi connectivity index (χ1) is 14.4. The van der Waals surface area contributed by atoms with Crippen molar-refractivity contribution in [2.45, 2.75) is 31.2 Å². The van der Waals surface area contributed by atoms with E-state index in [1.807, 2.05) is 0 Å². The Morgan fingerprint density at radius 2 is 1.83 bits per heavy atom. The van der Waals surface area contributed by atoms with Gasteiger partial charge in [0.15, 0.2) is 0 Å². The number of rotatable bonds is 7. The van der Waals surface area contributed by atoms with Crippen molar-refractivity contribution < 1.29 is 23.1 Å². The summed E-state index contributed by atoms with van der Waals surface area (Å²) in [4.78, 5) is 15.2. The molecule has 1 aliphatic rings. The lowest BCUT2D eigenvalue weighted by Gasteiger charge is -2.16. The molecule has 1 fully saturated rings. The number of amides is 2. The van der Waals surface area contributed by atoms with Crippen LogP contribution in [0.1, 0.15) is 24.8 Å². The Kier molecular flexibility index (Phi) is 5.42. The number of carbonyl (C=O) groups excluding carboxylic acids is 1. The van der Waals surface area contributed by atoms with E-state index in [2.05, 4.69) is 15.6 Å². The minimum Gasteiger partial charge on any atom is -0.396 e. The standard InChI is InChI=1S/C22H22F3N3O2/c23-14-3-1-13(2-4-14)19-16(17-11-15(24)12-18(25)20(17)27-19)5-9-26-21(30)28-22(6-7-22)8-10-29/h1-4,11-12,27,29H,5-10H2,(H2,26,28,30). The van der Waals surface area contributed by atoms with Gasteiger partial charge in [-0.2, -0.15) is 0 Å². The summed E-state index contributed by atoms with van der Waals surface area (Å²) in [5, 5.41) is 15.1. The molecule has 1 heterocycles. The van der Waals surface area contributed by atoms with Gasteiger partial charge in [0.25, 0.3) is 0 Å². The first-order valence-electron chi connectivity index (χ1n) is 9.83. The molecular weight excluding hydrogens is 395 g/mol. The summed E-state index contributed by atoms with van der Waals surface area (Å²) < 4.78 is 41.5. The highest BCUT2D eigenvalue weighted by atomic mass is 19.1. The Hall–Kier alpha value is -3.00. The second kappa shape index (κ2) is 8.02. The maximum Gasteiger partial charge on any atom is 0.315 e. The van der Waals surface area contributed by atoms with E-state index in [-0.39, 0.29) is 30.2 Å². The lowest BCUT2D eigenvalue weighted by Crippen LogP contribution is -2.44. The normalized spacial score (nSPS) is 14.7. The number of fused-ring (bicyclic) bond motifs is 1. The Balaban J connectivity index is 1.56. The van der Waals surface area contributed by atoms with Crippen LogP contribution in [0.25, 0.3) is 22.2 Å². The SMILES string of the molecule is O=C(NCCc1c(-c2ccc(F)cc2)[nH]c2c(F)cc(F)cc12)NC1(CCO)CC1. The smallest absolute Gasteiger partial charge is 0.315 e. The number of nitrogens with one attached hydrogen (secondary N) is 3. The number of aliphatic hydroxyl groups excluding tert-OH is 1. The molecule has 0 spiro atoms. The van der Waals surface area contributed by atoms with Gasteiger partial charge in [-0.25, -0.2) is 18.0 Å². The van der Waals surface area contributed by atoms with Crippen LogP contribution in [-0.4, -0.2) is 34.8 Å². The molecule has 1 aliphatic carbocycles. The topological polar surface area (TPSA) is 77.2 Å². The van der Waals surface area contributed by atoms with Crippen LogP contribution in [0.5, 0.6) is 0 Å². The number of hydrogen-bond donors (Lipinski definition) is 4. The molecule has 30 heavy (non-hydrogen) atoms. The maximum atomic E-state index is 14.3. The lowest BCUT2D eigenvalue weighted by atomic mass is 10.0. The Morgan fingerprint density at radius 1 is 1.10 bits per heavy atom. The zero-order chi connectivity index (χ0) is 21.3. The van der Waals surface area contributed by atoms with Gasteiger partial charge in [-0.1, -0.05) is 0 Å². The van der Waals surface area contributed by atoms with E-state index >= 15 is 0 Å². The van der Waals surface area contributed by atoms with E-state index in [9.17, 15) is 18.0 Å². The lowest BCUT2D eigenvalue weighted by molar-refractivity contribution is 0.226. The Bertz CT molecular complexity index is 1080. The van der Waals surface area contributed by atoms with Crippen molar-refractivity contribution in [3.05, 3.63) is 59.4 Å². The number of aromatic amines is 1. The predicted octanol–water partition coefficient (Wildman–Crippen LogP) is 4.01. The van der Waals surface area contributed by atoms with Crippen LogP contribution < -0.4 is 10.6 Å². The predicted molar refractivity (Wildman–Crippen MR) is 108 cm³/mol. The fourth-order valence-electron chi connectivity index (χ4n) is 3.78. The zero-order valence-corrected chi connectivity index (χ0v) is 16.2. The molecule has 0 unspecified atom stereocenters. The summed E-state index contributed by atoms with van der Waals surface area (Å²) >= 11 is 0. The summed E-state index contributed by atoms with van der Waals surface area (Å²) in [6.07, 6.45) is 2.49. The summed E-state index contributed by atoms with van der Waals surface area (Å²) in [5.74, 6) is -1.81. The van der Waals surface area contributed by atoms with Gasteiger partial charge in [0.05, 0.1) is 5.52 Å². The highest BCUT2D eigenvalue weighted by Crippen LogP contribution is 2.38. The van der Waals surface area contributed by atoms with E-state index in [4.69, 9.17) is 5.11 Å². The zero-order valence-electron chi connectivity index (χ0n) is 16.2. The van der Waals surface area contributed by atoms with Crippen LogP contribution in [0.3, 0.4) is 0 Å². The van der Waals surface area contributed by atoms with E-state index in [0.29, 0.717) is 35.0 Å². The van der Waals surface area contributed by atoms with Crippen LogP contribution in [-0.2, 0) is 6.42 Å². The van der Waals surface area contributed by atoms with Gasteiger partial charge in [-0.15, -0.1) is 0 Å². The number of carbonyl (C=O) groups is 1. The molecule has 158 valence electrons. The summed E-state index contributed by atoms with van der Waals surface area (Å²) in [6.45, 7) is 0.244. The van der Waals surface area contributed by atoms with Crippen LogP contribution in [0.2, 0.25) is 0 Å². The first kappa shape index (κ1) is 20.3. The molecule has 4 N–H and O–H groups in total. The van der Waals surface area contributed by atoms with Crippen molar-refractivity contribution in [2.75, 3.05) is 13.2 Å². The molecule has 0 atom stereocenters. The Morgan fingerprint density at radius 3 is 2.50 bits per heavy atom. The van der Waals surface area contributed by atoms with Crippen molar-refractivity contribution >= 4 is 16.9 Å². The van der Waals surface area contributed by atoms with Gasteiger partial charge in [0.2, 0.25) is 0 Å². The second-order valence-corrected chi connectivity index (χ2v) is 7.68. The number of aliphatic hydroxyl groups is 1. The maximum absolute atomic E-state index is 14.3. The third-order valence-corrected chi connectivity index (χ3v) is 5.55. The molecule has 1 aromatic heterocycles. The first-order valence-corrected chi connectivity index (χ1v) is 9.83. The molecule has 5 nitrogen and oxygen atoms in total. The fourth-order valence-corrected chi connectivity index (χ4v) is 3.78. The largest absolute Gasteiger partial charge is 0.396 e. The molecule has 2 amide bonds. The Labute approximate surface area is 171 Å². The van der Waals surface area contributed by atoms with Crippen LogP contribution >= 0.6 is 0 Å². The van der Waals surface area contributed by atoms with Crippen molar-refractivity contribution in [2.24, 2.45) is 0 Å². The number of benzene rings is 2. The van der Waals surface area contributed by atoms with Gasteiger partial charge >= 0.3 is 6.03 Å². The van der Waals surface area contributed by atoms with Gasteiger partial charge < -0.3 is 20.7 Å². The molecule has 4 rings (SSSR count). The fraction of sp³-hybridized carbons (Fsp3) is 0.318. The molecule has 0 radical (unpaired) electrons. The van der Waals surface area contributed by atoms with Crippen LogP contribution in [0, 0.1) is 17.5 Å². The van der Waals surface area contributed by atoms with Crippen molar-refractivity contribution in [3.63, 3.8) is 0 Å². The number of urea groups is 1. The molecule has 0 bridgehead atoms. The van der Waals surface area contributed by atoms with Gasteiger partial charge in [-0.05, 0) is 67.1 Å². The number of H-pyrrole nitrogens is 1. The molecule has 0 saturated heterocycles. The van der Waals surface area contributed by atoms with E-state index < -0.39 is 17.5 Å². The average Bonchev–Trinajstić information content (AvgIpc) is 3.35.